The lowest BCUT2D eigenvalue weighted by molar-refractivity contribution is 0.230. The van der Waals surface area contributed by atoms with Gasteiger partial charge < -0.3 is 14.0 Å². The summed E-state index contributed by atoms with van der Waals surface area (Å²) in [7, 11) is 1.61. The number of benzene rings is 2. The molecule has 0 spiro atoms. The largest absolute Gasteiger partial charge is 0.493 e. The second-order valence-electron chi connectivity index (χ2n) is 9.11. The van der Waals surface area contributed by atoms with Crippen LogP contribution in [0.25, 0.3) is 28.5 Å². The Labute approximate surface area is 209 Å². The number of hydrogen-bond acceptors (Lipinski definition) is 7. The number of aryl methyl sites for hydroxylation is 3. The number of methoxy groups -OCH3 is 1. The van der Waals surface area contributed by atoms with Crippen molar-refractivity contribution in [3.8, 4) is 34.3 Å². The molecule has 5 aromatic rings. The van der Waals surface area contributed by atoms with Gasteiger partial charge in [-0.25, -0.2) is 9.50 Å². The minimum Gasteiger partial charge on any atom is -0.493 e. The molecule has 0 atom stereocenters. The van der Waals surface area contributed by atoms with Crippen LogP contribution in [0.4, 0.5) is 0 Å². The standard InChI is InChI=1S/C28H29N5O3/c1-16(2)35-24-12-11-21(14-25(24)34-6)26-31-28(36-32-26)23-15-29-33-19(5)22(18(4)30-27(23)33)13-20-10-8-7-9-17(20)3/h7-12,14-16H,13H2,1-6H3. The molecule has 0 unspecified atom stereocenters. The Balaban J connectivity index is 1.49. The predicted molar refractivity (Wildman–Crippen MR) is 137 cm³/mol. The summed E-state index contributed by atoms with van der Waals surface area (Å²) < 4.78 is 18.8. The molecule has 2 aromatic carbocycles. The molecule has 0 aliphatic carbocycles. The van der Waals surface area contributed by atoms with Gasteiger partial charge in [-0.05, 0) is 69.5 Å². The molecule has 0 N–H and O–H groups in total. The third-order valence-electron chi connectivity index (χ3n) is 6.28. The molecular formula is C28H29N5O3. The van der Waals surface area contributed by atoms with Gasteiger partial charge >= 0.3 is 0 Å². The Bertz CT molecular complexity index is 1550. The van der Waals surface area contributed by atoms with Gasteiger partial charge in [-0.15, -0.1) is 0 Å². The molecule has 0 aliphatic rings. The van der Waals surface area contributed by atoms with Crippen molar-refractivity contribution in [2.24, 2.45) is 0 Å². The molecule has 0 saturated carbocycles. The third kappa shape index (κ3) is 4.30. The molecule has 3 heterocycles. The first-order valence-corrected chi connectivity index (χ1v) is 11.9. The summed E-state index contributed by atoms with van der Waals surface area (Å²) in [4.78, 5) is 9.52. The van der Waals surface area contributed by atoms with Crippen molar-refractivity contribution in [2.75, 3.05) is 7.11 Å². The number of fused-ring (bicyclic) bond motifs is 1. The molecule has 0 saturated heterocycles. The maximum absolute atomic E-state index is 5.81. The van der Waals surface area contributed by atoms with Gasteiger partial charge in [0.1, 0.15) is 5.56 Å². The second kappa shape index (κ2) is 9.45. The van der Waals surface area contributed by atoms with Crippen molar-refractivity contribution in [1.29, 1.82) is 0 Å². The summed E-state index contributed by atoms with van der Waals surface area (Å²) in [5.74, 6) is 2.08. The van der Waals surface area contributed by atoms with E-state index in [1.165, 1.54) is 11.1 Å². The van der Waals surface area contributed by atoms with Crippen molar-refractivity contribution in [2.45, 2.75) is 47.1 Å². The van der Waals surface area contributed by atoms with E-state index in [-0.39, 0.29) is 6.10 Å². The van der Waals surface area contributed by atoms with Gasteiger partial charge in [0.25, 0.3) is 5.89 Å². The Morgan fingerprint density at radius 2 is 1.81 bits per heavy atom. The van der Waals surface area contributed by atoms with Crippen molar-refractivity contribution in [3.05, 3.63) is 76.7 Å². The molecule has 0 bridgehead atoms. The van der Waals surface area contributed by atoms with E-state index in [2.05, 4.69) is 53.4 Å². The number of aromatic nitrogens is 5. The van der Waals surface area contributed by atoms with Crippen LogP contribution in [0.15, 0.2) is 53.2 Å². The van der Waals surface area contributed by atoms with Crippen LogP contribution in [0.1, 0.15) is 41.9 Å². The zero-order valence-electron chi connectivity index (χ0n) is 21.4. The van der Waals surface area contributed by atoms with Gasteiger partial charge in [0, 0.05) is 23.4 Å². The van der Waals surface area contributed by atoms with E-state index in [0.29, 0.717) is 34.4 Å². The molecule has 0 aliphatic heterocycles. The van der Waals surface area contributed by atoms with Gasteiger partial charge in [0.15, 0.2) is 17.1 Å². The van der Waals surface area contributed by atoms with Crippen molar-refractivity contribution >= 4 is 5.65 Å². The minimum atomic E-state index is 0.0359. The Morgan fingerprint density at radius 3 is 2.56 bits per heavy atom. The zero-order valence-corrected chi connectivity index (χ0v) is 21.4. The molecule has 3 aromatic heterocycles. The van der Waals surface area contributed by atoms with E-state index >= 15 is 0 Å². The maximum atomic E-state index is 5.81. The molecule has 8 nitrogen and oxygen atoms in total. The predicted octanol–water partition coefficient (Wildman–Crippen LogP) is 5.76. The number of hydrogen-bond donors (Lipinski definition) is 0. The van der Waals surface area contributed by atoms with E-state index in [4.69, 9.17) is 19.0 Å². The average Bonchev–Trinajstić information content (AvgIpc) is 3.50. The SMILES string of the molecule is COc1cc(-c2noc(-c3cnn4c(C)c(Cc5ccccc5C)c(C)nc34)n2)ccc1OC(C)C. The van der Waals surface area contributed by atoms with E-state index in [0.717, 1.165) is 28.9 Å². The van der Waals surface area contributed by atoms with Crippen LogP contribution in [0.3, 0.4) is 0 Å². The molecule has 5 rings (SSSR count). The second-order valence-corrected chi connectivity index (χ2v) is 9.11. The van der Waals surface area contributed by atoms with E-state index in [1.807, 2.05) is 43.5 Å². The Hall–Kier alpha value is -4.20. The monoisotopic (exact) mass is 483 g/mol. The highest BCUT2D eigenvalue weighted by Crippen LogP contribution is 2.33. The number of rotatable bonds is 7. The highest BCUT2D eigenvalue weighted by Gasteiger charge is 2.20. The summed E-state index contributed by atoms with van der Waals surface area (Å²) >= 11 is 0. The van der Waals surface area contributed by atoms with Crippen LogP contribution < -0.4 is 9.47 Å². The molecule has 184 valence electrons. The van der Waals surface area contributed by atoms with Crippen LogP contribution in [-0.4, -0.2) is 38.0 Å². The smallest absolute Gasteiger partial charge is 0.263 e. The Morgan fingerprint density at radius 1 is 1.00 bits per heavy atom. The normalized spacial score (nSPS) is 11.4. The summed E-state index contributed by atoms with van der Waals surface area (Å²) in [6, 6.07) is 14.0. The van der Waals surface area contributed by atoms with Crippen LogP contribution in [-0.2, 0) is 6.42 Å². The lowest BCUT2D eigenvalue weighted by atomic mass is 9.99. The van der Waals surface area contributed by atoms with Crippen molar-refractivity contribution < 1.29 is 14.0 Å². The quantitative estimate of drug-likeness (QED) is 0.291. The Kier molecular flexibility index (Phi) is 6.18. The minimum absolute atomic E-state index is 0.0359. The lowest BCUT2D eigenvalue weighted by Crippen LogP contribution is -2.07. The summed E-state index contributed by atoms with van der Waals surface area (Å²) in [5.41, 5.74) is 7.83. The topological polar surface area (TPSA) is 87.6 Å². The van der Waals surface area contributed by atoms with E-state index < -0.39 is 0 Å². The van der Waals surface area contributed by atoms with Gasteiger partial charge in [-0.3, -0.25) is 0 Å². The average molecular weight is 484 g/mol. The highest BCUT2D eigenvalue weighted by molar-refractivity contribution is 5.73. The van der Waals surface area contributed by atoms with Crippen LogP contribution in [0.5, 0.6) is 11.5 Å². The van der Waals surface area contributed by atoms with Crippen LogP contribution >= 0.6 is 0 Å². The summed E-state index contributed by atoms with van der Waals surface area (Å²) in [5, 5.41) is 8.79. The number of ether oxygens (including phenoxy) is 2. The molecular weight excluding hydrogens is 454 g/mol. The van der Waals surface area contributed by atoms with Crippen LogP contribution in [0, 0.1) is 20.8 Å². The number of nitrogens with zero attached hydrogens (tertiary/aromatic N) is 5. The summed E-state index contributed by atoms with van der Waals surface area (Å²) in [6.45, 7) is 10.2. The maximum Gasteiger partial charge on any atom is 0.263 e. The van der Waals surface area contributed by atoms with E-state index in [9.17, 15) is 0 Å². The van der Waals surface area contributed by atoms with Crippen molar-refractivity contribution in [1.82, 2.24) is 24.7 Å². The molecule has 8 heteroatoms. The fourth-order valence-electron chi connectivity index (χ4n) is 4.32. The van der Waals surface area contributed by atoms with Gasteiger partial charge in [0.05, 0.1) is 19.4 Å². The first-order valence-electron chi connectivity index (χ1n) is 11.9. The molecule has 36 heavy (non-hydrogen) atoms. The van der Waals surface area contributed by atoms with Gasteiger partial charge in [-0.2, -0.15) is 10.1 Å². The van der Waals surface area contributed by atoms with Crippen molar-refractivity contribution in [3.63, 3.8) is 0 Å². The van der Waals surface area contributed by atoms with Gasteiger partial charge in [-0.1, -0.05) is 29.4 Å². The summed E-state index contributed by atoms with van der Waals surface area (Å²) in [6.07, 6.45) is 2.56. The molecule has 0 amide bonds. The fourth-order valence-corrected chi connectivity index (χ4v) is 4.32. The highest BCUT2D eigenvalue weighted by atomic mass is 16.5. The first kappa shape index (κ1) is 23.5. The van der Waals surface area contributed by atoms with Crippen LogP contribution in [0.2, 0.25) is 0 Å². The van der Waals surface area contributed by atoms with E-state index in [1.54, 1.807) is 13.3 Å². The fraction of sp³-hybridized carbons (Fsp3) is 0.286. The molecule has 0 fully saturated rings. The lowest BCUT2D eigenvalue weighted by Gasteiger charge is -2.13. The zero-order chi connectivity index (χ0) is 25.4. The third-order valence-corrected chi connectivity index (χ3v) is 6.28. The van der Waals surface area contributed by atoms with Gasteiger partial charge in [0.2, 0.25) is 5.82 Å². The first-order chi connectivity index (χ1) is 17.4. The molecule has 0 radical (unpaired) electrons.